The number of carbonyl (C=O) groups is 2. The van der Waals surface area contributed by atoms with Gasteiger partial charge in [0.2, 0.25) is 11.6 Å². The van der Waals surface area contributed by atoms with E-state index in [2.05, 4.69) is 6.07 Å². The molecule has 0 saturated carbocycles. The van der Waals surface area contributed by atoms with E-state index in [1.54, 1.807) is 0 Å². The zero-order valence-electron chi connectivity index (χ0n) is 13.5. The summed E-state index contributed by atoms with van der Waals surface area (Å²) in [4.78, 5) is 24.5. The highest BCUT2D eigenvalue weighted by molar-refractivity contribution is 6.59. The molecule has 1 aliphatic carbocycles. The molecule has 2 nitrogen and oxygen atoms in total. The summed E-state index contributed by atoms with van der Waals surface area (Å²) in [6, 6.07) is 13.8. The second-order valence-corrected chi connectivity index (χ2v) is 5.98. The molecule has 3 rings (SSSR count). The fourth-order valence-electron chi connectivity index (χ4n) is 2.97. The van der Waals surface area contributed by atoms with Gasteiger partial charge in [0.1, 0.15) is 0 Å². The normalized spacial score (nSPS) is 14.6. The van der Waals surface area contributed by atoms with Crippen LogP contribution in [0.2, 0.25) is 0 Å². The van der Waals surface area contributed by atoms with E-state index in [4.69, 9.17) is 0 Å². The molecule has 1 aliphatic rings. The lowest BCUT2D eigenvalue weighted by Crippen LogP contribution is -2.17. The summed E-state index contributed by atoms with van der Waals surface area (Å²) in [5.74, 6) is -0.895. The highest BCUT2D eigenvalue weighted by Gasteiger charge is 2.25. The molecule has 0 N–H and O–H groups in total. The predicted octanol–water partition coefficient (Wildman–Crippen LogP) is 4.23. The van der Waals surface area contributed by atoms with Gasteiger partial charge < -0.3 is 0 Å². The number of aryl methyl sites for hydroxylation is 3. The molecule has 0 radical (unpaired) electrons. The summed E-state index contributed by atoms with van der Waals surface area (Å²) in [7, 11) is 0. The number of allylic oxidation sites excluding steroid dienone is 4. The maximum Gasteiger partial charge on any atom is 0.233 e. The third-order valence-corrected chi connectivity index (χ3v) is 4.18. The van der Waals surface area contributed by atoms with E-state index in [-0.39, 0.29) is 0 Å². The van der Waals surface area contributed by atoms with Gasteiger partial charge in [-0.3, -0.25) is 9.59 Å². The molecule has 0 aliphatic heterocycles. The summed E-state index contributed by atoms with van der Waals surface area (Å²) in [6.07, 6.45) is 3.28. The van der Waals surface area contributed by atoms with Gasteiger partial charge >= 0.3 is 0 Å². The zero-order chi connectivity index (χ0) is 16.6. The number of ketones is 2. The predicted molar refractivity (Wildman–Crippen MR) is 93.1 cm³/mol. The van der Waals surface area contributed by atoms with Crippen molar-refractivity contribution in [1.29, 1.82) is 0 Å². The monoisotopic (exact) mass is 302 g/mol. The fraction of sp³-hybridized carbons (Fsp3) is 0.143. The first-order chi connectivity index (χ1) is 11.0. The molecule has 0 unspecified atom stereocenters. The van der Waals surface area contributed by atoms with Gasteiger partial charge in [-0.15, -0.1) is 0 Å². The van der Waals surface area contributed by atoms with E-state index >= 15 is 0 Å². The van der Waals surface area contributed by atoms with E-state index in [9.17, 15) is 9.59 Å². The Balaban J connectivity index is 2.16. The molecular formula is C21H18O2. The van der Waals surface area contributed by atoms with Crippen LogP contribution >= 0.6 is 0 Å². The Morgan fingerprint density at radius 1 is 0.739 bits per heavy atom. The molecule has 0 bridgehead atoms. The first-order valence-corrected chi connectivity index (χ1v) is 7.63. The molecule has 0 amide bonds. The Morgan fingerprint density at radius 3 is 2.17 bits per heavy atom. The van der Waals surface area contributed by atoms with Gasteiger partial charge in [0, 0.05) is 5.57 Å². The maximum atomic E-state index is 12.3. The summed E-state index contributed by atoms with van der Waals surface area (Å²) in [6.45, 7) is 6.00. The maximum absolute atomic E-state index is 12.3. The number of benzene rings is 2. The third kappa shape index (κ3) is 2.80. The molecule has 0 saturated heterocycles. The van der Waals surface area contributed by atoms with Crippen LogP contribution in [-0.4, -0.2) is 11.6 Å². The summed E-state index contributed by atoms with van der Waals surface area (Å²) < 4.78 is 0. The van der Waals surface area contributed by atoms with Crippen LogP contribution in [-0.2, 0) is 9.59 Å². The third-order valence-electron chi connectivity index (χ3n) is 4.18. The molecule has 2 aromatic rings. The van der Waals surface area contributed by atoms with Gasteiger partial charge in [-0.25, -0.2) is 0 Å². The smallest absolute Gasteiger partial charge is 0.233 e. The molecule has 0 fully saturated rings. The summed E-state index contributed by atoms with van der Waals surface area (Å²) in [5.41, 5.74) is 6.34. The first kappa shape index (κ1) is 15.2. The molecule has 114 valence electrons. The van der Waals surface area contributed by atoms with Crippen molar-refractivity contribution in [2.45, 2.75) is 20.8 Å². The average molecular weight is 302 g/mol. The summed E-state index contributed by atoms with van der Waals surface area (Å²) in [5, 5.41) is 0. The number of Topliss-reactive ketones (excluding diaryl/α,β-unsaturated/α-hetero) is 1. The van der Waals surface area contributed by atoms with Gasteiger partial charge in [0.15, 0.2) is 0 Å². The van der Waals surface area contributed by atoms with E-state index < -0.39 is 11.6 Å². The van der Waals surface area contributed by atoms with Crippen molar-refractivity contribution >= 4 is 22.7 Å². The van der Waals surface area contributed by atoms with Crippen LogP contribution in [0.1, 0.15) is 27.8 Å². The van der Waals surface area contributed by atoms with E-state index in [1.807, 2.05) is 63.2 Å². The molecule has 0 atom stereocenters. The van der Waals surface area contributed by atoms with Gasteiger partial charge in [-0.05, 0) is 60.8 Å². The van der Waals surface area contributed by atoms with E-state index in [0.717, 1.165) is 27.8 Å². The highest BCUT2D eigenvalue weighted by atomic mass is 16.2. The number of carbonyl (C=O) groups excluding carboxylic acids is 2. The quantitative estimate of drug-likeness (QED) is 0.614. The molecule has 0 aromatic heterocycles. The Hall–Kier alpha value is -2.74. The fourth-order valence-corrected chi connectivity index (χ4v) is 2.97. The largest absolute Gasteiger partial charge is 0.286 e. The van der Waals surface area contributed by atoms with Gasteiger partial charge in [-0.1, -0.05) is 48.0 Å². The van der Waals surface area contributed by atoms with Gasteiger partial charge in [-0.2, -0.15) is 0 Å². The molecule has 2 aromatic carbocycles. The van der Waals surface area contributed by atoms with Crippen molar-refractivity contribution in [2.24, 2.45) is 0 Å². The van der Waals surface area contributed by atoms with E-state index in [1.165, 1.54) is 11.6 Å². The van der Waals surface area contributed by atoms with Crippen LogP contribution in [0.15, 0.2) is 54.6 Å². The minimum absolute atomic E-state index is 0.437. The molecule has 2 heteroatoms. The SMILES string of the molecule is Cc1ccc(C2=CC(=O)C(=O)C(c3ccccc3C)=C2)c(C)c1. The van der Waals surface area contributed by atoms with Crippen LogP contribution in [0.3, 0.4) is 0 Å². The van der Waals surface area contributed by atoms with Crippen LogP contribution in [0.5, 0.6) is 0 Å². The Morgan fingerprint density at radius 2 is 1.48 bits per heavy atom. The second-order valence-electron chi connectivity index (χ2n) is 5.98. The van der Waals surface area contributed by atoms with Crippen molar-refractivity contribution in [3.05, 3.63) is 82.4 Å². The molecular weight excluding hydrogens is 284 g/mol. The van der Waals surface area contributed by atoms with Crippen molar-refractivity contribution in [2.75, 3.05) is 0 Å². The number of rotatable bonds is 2. The second kappa shape index (κ2) is 5.81. The van der Waals surface area contributed by atoms with Crippen LogP contribution < -0.4 is 0 Å². The van der Waals surface area contributed by atoms with Crippen molar-refractivity contribution in [3.63, 3.8) is 0 Å². The lowest BCUT2D eigenvalue weighted by Gasteiger charge is -2.16. The lowest BCUT2D eigenvalue weighted by molar-refractivity contribution is -0.130. The Kier molecular flexibility index (Phi) is 3.83. The van der Waals surface area contributed by atoms with E-state index in [0.29, 0.717) is 5.57 Å². The van der Waals surface area contributed by atoms with Gasteiger partial charge in [0.25, 0.3) is 0 Å². The molecule has 0 heterocycles. The van der Waals surface area contributed by atoms with Crippen molar-refractivity contribution < 1.29 is 9.59 Å². The Labute approximate surface area is 136 Å². The highest BCUT2D eigenvalue weighted by Crippen LogP contribution is 2.30. The standard InChI is InChI=1S/C21H18O2/c1-13-8-9-17(15(3)10-13)16-11-19(21(23)20(22)12-16)18-7-5-4-6-14(18)2/h4-12H,1-3H3. The van der Waals surface area contributed by atoms with Crippen LogP contribution in [0, 0.1) is 20.8 Å². The molecule has 0 spiro atoms. The lowest BCUT2D eigenvalue weighted by atomic mass is 9.86. The number of hydrogen-bond acceptors (Lipinski definition) is 2. The molecule has 23 heavy (non-hydrogen) atoms. The van der Waals surface area contributed by atoms with Crippen molar-refractivity contribution in [3.8, 4) is 0 Å². The average Bonchev–Trinajstić information content (AvgIpc) is 2.51. The minimum atomic E-state index is -0.458. The minimum Gasteiger partial charge on any atom is -0.286 e. The van der Waals surface area contributed by atoms with Crippen LogP contribution in [0.25, 0.3) is 11.1 Å². The van der Waals surface area contributed by atoms with Gasteiger partial charge in [0.05, 0.1) is 0 Å². The van der Waals surface area contributed by atoms with Crippen molar-refractivity contribution in [1.82, 2.24) is 0 Å². The topological polar surface area (TPSA) is 34.1 Å². The zero-order valence-corrected chi connectivity index (χ0v) is 13.5. The summed E-state index contributed by atoms with van der Waals surface area (Å²) >= 11 is 0. The number of hydrogen-bond donors (Lipinski definition) is 0. The Bertz CT molecular complexity index is 882. The first-order valence-electron chi connectivity index (χ1n) is 7.63. The van der Waals surface area contributed by atoms with Crippen LogP contribution in [0.4, 0.5) is 0 Å².